The zero-order chi connectivity index (χ0) is 7.28. The largest absolute Gasteiger partial charge is 0.356 e. The van der Waals surface area contributed by atoms with Crippen molar-refractivity contribution in [1.82, 2.24) is 5.32 Å². The van der Waals surface area contributed by atoms with E-state index in [9.17, 15) is 4.79 Å². The molecule has 0 spiro atoms. The quantitative estimate of drug-likeness (QED) is 0.623. The van der Waals surface area contributed by atoms with Gasteiger partial charge in [-0.2, -0.15) is 0 Å². The van der Waals surface area contributed by atoms with Gasteiger partial charge in [0.1, 0.15) is 0 Å². The second kappa shape index (κ2) is 4.36. The van der Waals surface area contributed by atoms with E-state index in [0.29, 0.717) is 12.3 Å². The molecule has 2 nitrogen and oxygen atoms in total. The lowest BCUT2D eigenvalue weighted by Crippen LogP contribution is -2.26. The van der Waals surface area contributed by atoms with Crippen LogP contribution < -0.4 is 5.32 Å². The number of hydrogen-bond donors (Lipinski definition) is 1. The number of rotatable bonds is 3. The Labute approximate surface area is 59.6 Å². The van der Waals surface area contributed by atoms with E-state index in [1.807, 2.05) is 6.92 Å². The normalized spacial score (nSPS) is 9.78. The standard InChI is InChI=1S/C7H15NO.2H2/c1-4-7(9)8-5-6(2)3;;/h6H,4-5H2,1-3H3,(H,8,9);2*1H. The molecule has 0 aromatic rings. The summed E-state index contributed by atoms with van der Waals surface area (Å²) in [6.07, 6.45) is 0.590. The third-order valence-electron chi connectivity index (χ3n) is 1.03. The second-order valence-electron chi connectivity index (χ2n) is 2.55. The van der Waals surface area contributed by atoms with Crippen LogP contribution in [0.15, 0.2) is 0 Å². The molecule has 1 amide bonds. The van der Waals surface area contributed by atoms with E-state index < -0.39 is 0 Å². The Morgan fingerprint density at radius 3 is 2.56 bits per heavy atom. The Hall–Kier alpha value is -0.530. The van der Waals surface area contributed by atoms with Crippen LogP contribution in [-0.2, 0) is 4.79 Å². The SMILES string of the molecule is CCC(=O)NCC(C)C.[HH].[HH]. The molecule has 0 saturated heterocycles. The van der Waals surface area contributed by atoms with Crippen LogP contribution in [-0.4, -0.2) is 12.5 Å². The van der Waals surface area contributed by atoms with Crippen molar-refractivity contribution in [3.05, 3.63) is 0 Å². The Morgan fingerprint density at radius 1 is 1.67 bits per heavy atom. The van der Waals surface area contributed by atoms with E-state index in [-0.39, 0.29) is 8.76 Å². The fourth-order valence-corrected chi connectivity index (χ4v) is 0.443. The lowest BCUT2D eigenvalue weighted by atomic mass is 10.2. The summed E-state index contributed by atoms with van der Waals surface area (Å²) in [5, 5.41) is 2.79. The van der Waals surface area contributed by atoms with Crippen LogP contribution in [0.4, 0.5) is 0 Å². The molecule has 0 saturated carbocycles. The first-order valence-electron chi connectivity index (χ1n) is 3.43. The number of carbonyl (C=O) groups excluding carboxylic acids is 1. The van der Waals surface area contributed by atoms with Gasteiger partial charge in [-0.1, -0.05) is 20.8 Å². The minimum Gasteiger partial charge on any atom is -0.356 e. The van der Waals surface area contributed by atoms with Gasteiger partial charge in [0, 0.05) is 15.8 Å². The third kappa shape index (κ3) is 5.34. The van der Waals surface area contributed by atoms with Crippen LogP contribution in [0.2, 0.25) is 0 Å². The summed E-state index contributed by atoms with van der Waals surface area (Å²) >= 11 is 0. The van der Waals surface area contributed by atoms with Crippen LogP contribution in [0.1, 0.15) is 30.0 Å². The molecular weight excluding hydrogens is 114 g/mol. The van der Waals surface area contributed by atoms with Gasteiger partial charge in [0.25, 0.3) is 0 Å². The summed E-state index contributed by atoms with van der Waals surface area (Å²) in [7, 11) is 0. The van der Waals surface area contributed by atoms with Crippen molar-refractivity contribution >= 4 is 5.91 Å². The molecule has 0 fully saturated rings. The van der Waals surface area contributed by atoms with Gasteiger partial charge in [-0.15, -0.1) is 0 Å². The maximum Gasteiger partial charge on any atom is 0.219 e. The lowest BCUT2D eigenvalue weighted by molar-refractivity contribution is -0.120. The average molecular weight is 133 g/mol. The Kier molecular flexibility index (Phi) is 4.10. The highest BCUT2D eigenvalue weighted by atomic mass is 16.1. The van der Waals surface area contributed by atoms with E-state index in [1.54, 1.807) is 0 Å². The number of carbonyl (C=O) groups is 1. The molecule has 1 N–H and O–H groups in total. The topological polar surface area (TPSA) is 29.1 Å². The minimum absolute atomic E-state index is 0. The summed E-state index contributed by atoms with van der Waals surface area (Å²) in [5.41, 5.74) is 0. The van der Waals surface area contributed by atoms with Gasteiger partial charge in [-0.3, -0.25) is 4.79 Å². The van der Waals surface area contributed by atoms with Gasteiger partial charge in [-0.25, -0.2) is 0 Å². The zero-order valence-corrected chi connectivity index (χ0v) is 6.40. The molecule has 0 aromatic heterocycles. The molecule has 2 heteroatoms. The zero-order valence-electron chi connectivity index (χ0n) is 6.40. The fraction of sp³-hybridized carbons (Fsp3) is 0.857. The van der Waals surface area contributed by atoms with Gasteiger partial charge in [0.05, 0.1) is 0 Å². The first-order valence-corrected chi connectivity index (χ1v) is 3.43. The first-order chi connectivity index (χ1) is 4.16. The average Bonchev–Trinajstić information content (AvgIpc) is 1.83. The molecule has 0 heterocycles. The van der Waals surface area contributed by atoms with Crippen LogP contribution in [0.3, 0.4) is 0 Å². The van der Waals surface area contributed by atoms with Gasteiger partial charge < -0.3 is 5.32 Å². The summed E-state index contributed by atoms with van der Waals surface area (Å²) in [6, 6.07) is 0. The van der Waals surface area contributed by atoms with Crippen molar-refractivity contribution in [2.75, 3.05) is 6.54 Å². The first kappa shape index (κ1) is 8.47. The molecule has 0 unspecified atom stereocenters. The van der Waals surface area contributed by atoms with Gasteiger partial charge in [0.15, 0.2) is 0 Å². The molecule has 0 aromatic carbocycles. The van der Waals surface area contributed by atoms with Gasteiger partial charge in [-0.05, 0) is 5.92 Å². The summed E-state index contributed by atoms with van der Waals surface area (Å²) in [6.45, 7) is 6.81. The molecule has 0 aliphatic rings. The van der Waals surface area contributed by atoms with E-state index in [0.717, 1.165) is 6.54 Å². The van der Waals surface area contributed by atoms with Crippen molar-refractivity contribution in [3.8, 4) is 0 Å². The minimum atomic E-state index is 0. The molecule has 0 atom stereocenters. The second-order valence-corrected chi connectivity index (χ2v) is 2.55. The molecule has 0 rings (SSSR count). The van der Waals surface area contributed by atoms with Crippen molar-refractivity contribution in [3.63, 3.8) is 0 Å². The molecule has 0 aliphatic carbocycles. The Bertz CT molecular complexity index is 96.4. The van der Waals surface area contributed by atoms with E-state index in [1.165, 1.54) is 0 Å². The van der Waals surface area contributed by atoms with Crippen molar-refractivity contribution in [2.45, 2.75) is 27.2 Å². The highest BCUT2D eigenvalue weighted by Crippen LogP contribution is 1.87. The highest BCUT2D eigenvalue weighted by molar-refractivity contribution is 5.75. The molecule has 0 radical (unpaired) electrons. The predicted molar refractivity (Wildman–Crippen MR) is 42.4 cm³/mol. The molecule has 0 aliphatic heterocycles. The molecule has 0 bridgehead atoms. The van der Waals surface area contributed by atoms with Gasteiger partial charge in [0.2, 0.25) is 5.91 Å². The highest BCUT2D eigenvalue weighted by Gasteiger charge is 1.96. The van der Waals surface area contributed by atoms with E-state index in [2.05, 4.69) is 19.2 Å². The maximum atomic E-state index is 10.6. The van der Waals surface area contributed by atoms with Crippen LogP contribution in [0.5, 0.6) is 0 Å². The van der Waals surface area contributed by atoms with Crippen molar-refractivity contribution < 1.29 is 7.65 Å². The van der Waals surface area contributed by atoms with E-state index >= 15 is 0 Å². The number of amides is 1. The number of nitrogens with one attached hydrogen (secondary N) is 1. The molecule has 9 heavy (non-hydrogen) atoms. The molecular formula is C7H19NO. The summed E-state index contributed by atoms with van der Waals surface area (Å²) in [4.78, 5) is 10.6. The maximum absolute atomic E-state index is 10.6. The van der Waals surface area contributed by atoms with Crippen molar-refractivity contribution in [2.24, 2.45) is 5.92 Å². The smallest absolute Gasteiger partial charge is 0.219 e. The number of hydrogen-bond acceptors (Lipinski definition) is 1. The van der Waals surface area contributed by atoms with Gasteiger partial charge >= 0.3 is 0 Å². The van der Waals surface area contributed by atoms with Crippen LogP contribution in [0, 0.1) is 5.92 Å². The fourth-order valence-electron chi connectivity index (χ4n) is 0.443. The third-order valence-corrected chi connectivity index (χ3v) is 1.03. The Morgan fingerprint density at radius 2 is 2.22 bits per heavy atom. The summed E-state index contributed by atoms with van der Waals surface area (Å²) in [5.74, 6) is 0.698. The summed E-state index contributed by atoms with van der Waals surface area (Å²) < 4.78 is 0. The monoisotopic (exact) mass is 133 g/mol. The Balaban J connectivity index is -0.000000320. The van der Waals surface area contributed by atoms with Crippen molar-refractivity contribution in [1.29, 1.82) is 0 Å². The van der Waals surface area contributed by atoms with Crippen LogP contribution in [0.25, 0.3) is 0 Å². The van der Waals surface area contributed by atoms with Crippen LogP contribution >= 0.6 is 0 Å². The molecule has 58 valence electrons. The lowest BCUT2D eigenvalue weighted by Gasteiger charge is -2.04. The predicted octanol–water partition coefficient (Wildman–Crippen LogP) is 1.66. The van der Waals surface area contributed by atoms with E-state index in [4.69, 9.17) is 0 Å².